The highest BCUT2D eigenvalue weighted by atomic mass is 35.5. The quantitative estimate of drug-likeness (QED) is 0.578. The van der Waals surface area contributed by atoms with Crippen molar-refractivity contribution in [3.63, 3.8) is 0 Å². The molecule has 0 amide bonds. The van der Waals surface area contributed by atoms with Gasteiger partial charge in [0.25, 0.3) is 0 Å². The Labute approximate surface area is 169 Å². The summed E-state index contributed by atoms with van der Waals surface area (Å²) < 4.78 is 19.4. The van der Waals surface area contributed by atoms with Gasteiger partial charge in [-0.3, -0.25) is 9.88 Å². The molecule has 1 saturated heterocycles. The fourth-order valence-corrected chi connectivity index (χ4v) is 4.16. The first-order chi connectivity index (χ1) is 13.5. The lowest BCUT2D eigenvalue weighted by molar-refractivity contribution is 0.201. The van der Waals surface area contributed by atoms with Crippen LogP contribution in [0.25, 0.3) is 11.1 Å². The summed E-state index contributed by atoms with van der Waals surface area (Å²) in [6, 6.07) is 9.07. The van der Waals surface area contributed by atoms with E-state index in [0.29, 0.717) is 23.0 Å². The second kappa shape index (κ2) is 8.02. The van der Waals surface area contributed by atoms with Crippen LogP contribution in [-0.4, -0.2) is 28.1 Å². The van der Waals surface area contributed by atoms with Gasteiger partial charge in [0.1, 0.15) is 11.6 Å². The number of aryl methyl sites for hydroxylation is 2. The summed E-state index contributed by atoms with van der Waals surface area (Å²) in [5.41, 5.74) is 4.86. The van der Waals surface area contributed by atoms with Crippen LogP contribution in [0.2, 0.25) is 5.02 Å². The molecule has 146 valence electrons. The molecular formula is C22H23ClFN3O. The van der Waals surface area contributed by atoms with E-state index in [1.807, 2.05) is 26.1 Å². The number of aromatic nitrogens is 2. The molecule has 0 N–H and O–H groups in total. The minimum absolute atomic E-state index is 0.233. The van der Waals surface area contributed by atoms with E-state index in [4.69, 9.17) is 16.1 Å². The molecule has 2 aromatic heterocycles. The molecule has 4 rings (SSSR count). The van der Waals surface area contributed by atoms with Gasteiger partial charge in [-0.15, -0.1) is 0 Å². The van der Waals surface area contributed by atoms with Gasteiger partial charge < -0.3 is 4.52 Å². The van der Waals surface area contributed by atoms with Gasteiger partial charge >= 0.3 is 0 Å². The SMILES string of the molecule is Cc1noc(C)c1-c1ccnc(C2CCN(Cc3ccc(Cl)cc3F)CC2)c1. The zero-order chi connectivity index (χ0) is 19.7. The molecule has 28 heavy (non-hydrogen) atoms. The number of halogens is 2. The van der Waals surface area contributed by atoms with E-state index >= 15 is 0 Å². The normalized spacial score (nSPS) is 15.9. The molecule has 0 atom stereocenters. The molecule has 0 aliphatic carbocycles. The molecule has 0 spiro atoms. The summed E-state index contributed by atoms with van der Waals surface area (Å²) in [5.74, 6) is 1.00. The van der Waals surface area contributed by atoms with Crippen LogP contribution in [0.15, 0.2) is 41.1 Å². The van der Waals surface area contributed by atoms with Crippen molar-refractivity contribution in [2.45, 2.75) is 39.2 Å². The average Bonchev–Trinajstić information content (AvgIpc) is 3.03. The summed E-state index contributed by atoms with van der Waals surface area (Å²) in [6.07, 6.45) is 3.88. The predicted molar refractivity (Wildman–Crippen MR) is 108 cm³/mol. The monoisotopic (exact) mass is 399 g/mol. The summed E-state index contributed by atoms with van der Waals surface area (Å²) in [6.45, 7) is 6.35. The number of nitrogens with zero attached hydrogens (tertiary/aromatic N) is 3. The van der Waals surface area contributed by atoms with Crippen LogP contribution >= 0.6 is 11.6 Å². The minimum atomic E-state index is -0.233. The van der Waals surface area contributed by atoms with Crippen LogP contribution in [0.3, 0.4) is 0 Å². The maximum Gasteiger partial charge on any atom is 0.141 e. The maximum absolute atomic E-state index is 14.1. The number of benzene rings is 1. The van der Waals surface area contributed by atoms with Crippen LogP contribution in [0.5, 0.6) is 0 Å². The van der Waals surface area contributed by atoms with Gasteiger partial charge in [0.2, 0.25) is 0 Å². The molecule has 4 nitrogen and oxygen atoms in total. The molecule has 0 saturated carbocycles. The van der Waals surface area contributed by atoms with Gasteiger partial charge in [-0.1, -0.05) is 22.8 Å². The first-order valence-corrected chi connectivity index (χ1v) is 9.94. The smallest absolute Gasteiger partial charge is 0.141 e. The lowest BCUT2D eigenvalue weighted by Gasteiger charge is -2.32. The van der Waals surface area contributed by atoms with Crippen molar-refractivity contribution in [2.24, 2.45) is 0 Å². The maximum atomic E-state index is 14.1. The lowest BCUT2D eigenvalue weighted by atomic mass is 9.91. The van der Waals surface area contributed by atoms with Crippen LogP contribution < -0.4 is 0 Å². The zero-order valence-electron chi connectivity index (χ0n) is 16.1. The molecule has 1 aromatic carbocycles. The Hall–Kier alpha value is -2.24. The highest BCUT2D eigenvalue weighted by Crippen LogP contribution is 2.32. The molecule has 6 heteroatoms. The molecule has 3 aromatic rings. The second-order valence-electron chi connectivity index (χ2n) is 7.45. The van der Waals surface area contributed by atoms with Crippen molar-refractivity contribution < 1.29 is 8.91 Å². The van der Waals surface area contributed by atoms with Gasteiger partial charge in [-0.2, -0.15) is 0 Å². The standard InChI is InChI=1S/C22H23ClFN3O/c1-14-22(15(2)28-26-14)17-5-8-25-21(11-17)16-6-9-27(10-7-16)13-18-3-4-19(23)12-20(18)24/h3-5,8,11-12,16H,6-7,9-10,13H2,1-2H3. The highest BCUT2D eigenvalue weighted by molar-refractivity contribution is 6.30. The minimum Gasteiger partial charge on any atom is -0.361 e. The predicted octanol–water partition coefficient (Wildman–Crippen LogP) is 5.53. The fraction of sp³-hybridized carbons (Fsp3) is 0.364. The van der Waals surface area contributed by atoms with Crippen molar-refractivity contribution in [2.75, 3.05) is 13.1 Å². The van der Waals surface area contributed by atoms with Crippen molar-refractivity contribution in [3.05, 3.63) is 70.1 Å². The third kappa shape index (κ3) is 3.96. The van der Waals surface area contributed by atoms with Gasteiger partial charge in [0, 0.05) is 40.5 Å². The number of likely N-dealkylation sites (tertiary alicyclic amines) is 1. The van der Waals surface area contributed by atoms with Gasteiger partial charge in [0.15, 0.2) is 0 Å². The van der Waals surface area contributed by atoms with Crippen molar-refractivity contribution in [3.8, 4) is 11.1 Å². The summed E-state index contributed by atoms with van der Waals surface area (Å²) in [7, 11) is 0. The number of hydrogen-bond donors (Lipinski definition) is 0. The topological polar surface area (TPSA) is 42.2 Å². The molecule has 0 bridgehead atoms. The van der Waals surface area contributed by atoms with E-state index in [0.717, 1.165) is 54.2 Å². The van der Waals surface area contributed by atoms with Crippen LogP contribution in [0, 0.1) is 19.7 Å². The third-order valence-corrected chi connectivity index (χ3v) is 5.75. The summed E-state index contributed by atoms with van der Waals surface area (Å²) in [4.78, 5) is 6.91. The van der Waals surface area contributed by atoms with E-state index in [1.54, 1.807) is 12.1 Å². The molecule has 1 aliphatic heterocycles. The van der Waals surface area contributed by atoms with E-state index < -0.39 is 0 Å². The number of hydrogen-bond acceptors (Lipinski definition) is 4. The molecular weight excluding hydrogens is 377 g/mol. The van der Waals surface area contributed by atoms with E-state index in [-0.39, 0.29) is 5.82 Å². The summed E-state index contributed by atoms with van der Waals surface area (Å²) >= 11 is 5.85. The van der Waals surface area contributed by atoms with E-state index in [1.165, 1.54) is 6.07 Å². The fourth-order valence-electron chi connectivity index (χ4n) is 4.00. The third-order valence-electron chi connectivity index (χ3n) is 5.52. The Morgan fingerprint density at radius 3 is 2.64 bits per heavy atom. The number of piperidine rings is 1. The molecule has 3 heterocycles. The van der Waals surface area contributed by atoms with Gasteiger partial charge in [-0.05, 0) is 69.6 Å². The average molecular weight is 400 g/mol. The van der Waals surface area contributed by atoms with Crippen LogP contribution in [0.4, 0.5) is 4.39 Å². The van der Waals surface area contributed by atoms with Gasteiger partial charge in [-0.25, -0.2) is 4.39 Å². The molecule has 1 fully saturated rings. The first kappa shape index (κ1) is 19.1. The first-order valence-electron chi connectivity index (χ1n) is 9.56. The van der Waals surface area contributed by atoms with Crippen molar-refractivity contribution in [1.82, 2.24) is 15.0 Å². The van der Waals surface area contributed by atoms with Gasteiger partial charge in [0.05, 0.1) is 5.69 Å². The summed E-state index contributed by atoms with van der Waals surface area (Å²) in [5, 5.41) is 4.49. The lowest BCUT2D eigenvalue weighted by Crippen LogP contribution is -2.33. The highest BCUT2D eigenvalue weighted by Gasteiger charge is 2.23. The van der Waals surface area contributed by atoms with Crippen molar-refractivity contribution in [1.29, 1.82) is 0 Å². The Morgan fingerprint density at radius 2 is 1.96 bits per heavy atom. The number of rotatable bonds is 4. The molecule has 0 radical (unpaired) electrons. The van der Waals surface area contributed by atoms with Crippen LogP contribution in [0.1, 0.15) is 41.5 Å². The Morgan fingerprint density at radius 1 is 1.18 bits per heavy atom. The zero-order valence-corrected chi connectivity index (χ0v) is 16.8. The van der Waals surface area contributed by atoms with E-state index in [2.05, 4.69) is 21.1 Å². The number of pyridine rings is 1. The second-order valence-corrected chi connectivity index (χ2v) is 7.89. The largest absolute Gasteiger partial charge is 0.361 e. The molecule has 1 aliphatic rings. The Balaban J connectivity index is 1.43. The Bertz CT molecular complexity index is 960. The van der Waals surface area contributed by atoms with Crippen LogP contribution in [-0.2, 0) is 6.54 Å². The Kier molecular flexibility index (Phi) is 5.47. The molecule has 0 unspecified atom stereocenters. The van der Waals surface area contributed by atoms with Crippen molar-refractivity contribution >= 4 is 11.6 Å². The van der Waals surface area contributed by atoms with E-state index in [9.17, 15) is 4.39 Å².